The van der Waals surface area contributed by atoms with Crippen LogP contribution in [0.2, 0.25) is 0 Å². The van der Waals surface area contributed by atoms with Gasteiger partial charge in [-0.05, 0) is 25.5 Å². The topological polar surface area (TPSA) is 20.3 Å². The minimum atomic E-state index is -0.187. The summed E-state index contributed by atoms with van der Waals surface area (Å²) in [6, 6.07) is 8.26. The zero-order valence-corrected chi connectivity index (χ0v) is 14.1. The Labute approximate surface area is 138 Å². The summed E-state index contributed by atoms with van der Waals surface area (Å²) in [5.74, 6) is -0.0355. The van der Waals surface area contributed by atoms with Crippen LogP contribution in [0.15, 0.2) is 51.8 Å². The number of hydrogen-bond donors (Lipinski definition) is 0. The van der Waals surface area contributed by atoms with E-state index in [4.69, 9.17) is 12.2 Å². The lowest BCUT2D eigenvalue weighted by atomic mass is 10.0. The van der Waals surface area contributed by atoms with E-state index in [1.807, 2.05) is 12.1 Å². The first-order chi connectivity index (χ1) is 10.2. The number of nitrogens with zero attached hydrogens (tertiary/aromatic N) is 1. The fraction of sp³-hybridized carbons (Fsp3) is 0.250. The smallest absolute Gasteiger partial charge is 0.181 e. The van der Waals surface area contributed by atoms with Crippen LogP contribution in [-0.2, 0) is 4.79 Å². The Hall–Kier alpha value is -1.04. The van der Waals surface area contributed by atoms with Crippen LogP contribution in [0, 0.1) is 5.92 Å². The third kappa shape index (κ3) is 2.47. The van der Waals surface area contributed by atoms with Crippen molar-refractivity contribution in [2.24, 2.45) is 5.92 Å². The standard InChI is InChI=1S/C16H15NOS3/c1-3-7-10-13(18)14(21-16(10)19)15-17(4-2)11-8-5-6-9-12(11)20-15/h3,5-6,8-10H,1,4,7H2,2H3. The number of benzene rings is 1. The second-order valence-corrected chi connectivity index (χ2v) is 7.59. The van der Waals surface area contributed by atoms with E-state index in [0.717, 1.165) is 20.7 Å². The second-order valence-electron chi connectivity index (χ2n) is 4.81. The van der Waals surface area contributed by atoms with Gasteiger partial charge in [-0.25, -0.2) is 0 Å². The molecule has 1 aromatic rings. The molecule has 0 radical (unpaired) electrons. The Morgan fingerprint density at radius 1 is 1.38 bits per heavy atom. The Balaban J connectivity index is 2.03. The molecule has 0 spiro atoms. The fourth-order valence-electron chi connectivity index (χ4n) is 2.52. The Morgan fingerprint density at radius 2 is 2.14 bits per heavy atom. The van der Waals surface area contributed by atoms with Gasteiger partial charge in [0.25, 0.3) is 0 Å². The highest BCUT2D eigenvalue weighted by atomic mass is 32.2. The molecule has 5 heteroatoms. The molecule has 1 aromatic carbocycles. The summed E-state index contributed by atoms with van der Waals surface area (Å²) in [6.45, 7) is 6.67. The molecule has 2 heterocycles. The van der Waals surface area contributed by atoms with Crippen molar-refractivity contribution >= 4 is 51.4 Å². The molecule has 1 unspecified atom stereocenters. The number of fused-ring (bicyclic) bond motifs is 1. The number of thioether (sulfide) groups is 2. The molecule has 0 aromatic heterocycles. The highest BCUT2D eigenvalue weighted by Gasteiger charge is 2.39. The van der Waals surface area contributed by atoms with Crippen LogP contribution < -0.4 is 4.90 Å². The van der Waals surface area contributed by atoms with Crippen molar-refractivity contribution < 1.29 is 4.79 Å². The largest absolute Gasteiger partial charge is 0.334 e. The maximum absolute atomic E-state index is 12.7. The third-order valence-electron chi connectivity index (χ3n) is 3.55. The summed E-state index contributed by atoms with van der Waals surface area (Å²) in [6.07, 6.45) is 2.41. The first-order valence-electron chi connectivity index (χ1n) is 6.82. The van der Waals surface area contributed by atoms with Crippen LogP contribution in [0.1, 0.15) is 13.3 Å². The van der Waals surface area contributed by atoms with Crippen LogP contribution in [0.5, 0.6) is 0 Å². The average molecular weight is 334 g/mol. The molecule has 0 amide bonds. The number of hydrogen-bond acceptors (Lipinski definition) is 5. The molecule has 0 aliphatic carbocycles. The molecular formula is C16H15NOS3. The maximum Gasteiger partial charge on any atom is 0.181 e. The number of rotatable bonds is 3. The summed E-state index contributed by atoms with van der Waals surface area (Å²) in [5, 5.41) is 1.03. The number of carbonyl (C=O) groups is 1. The van der Waals surface area contributed by atoms with Crippen molar-refractivity contribution in [2.45, 2.75) is 18.2 Å². The number of allylic oxidation sites excluding steroid dienone is 2. The van der Waals surface area contributed by atoms with Crippen molar-refractivity contribution in [2.75, 3.05) is 11.4 Å². The molecule has 3 rings (SSSR count). The van der Waals surface area contributed by atoms with Crippen molar-refractivity contribution in [1.29, 1.82) is 0 Å². The normalized spacial score (nSPS) is 24.6. The van der Waals surface area contributed by atoms with E-state index in [-0.39, 0.29) is 11.7 Å². The van der Waals surface area contributed by atoms with Gasteiger partial charge in [-0.2, -0.15) is 0 Å². The second kappa shape index (κ2) is 5.99. The third-order valence-corrected chi connectivity index (χ3v) is 6.48. The number of anilines is 1. The molecule has 1 saturated heterocycles. The molecule has 1 fully saturated rings. The highest BCUT2D eigenvalue weighted by Crippen LogP contribution is 2.51. The number of thiocarbonyl (C=S) groups is 1. The average Bonchev–Trinajstić information content (AvgIpc) is 2.99. The molecular weight excluding hydrogens is 318 g/mol. The van der Waals surface area contributed by atoms with Gasteiger partial charge in [0.05, 0.1) is 25.7 Å². The van der Waals surface area contributed by atoms with E-state index in [1.165, 1.54) is 22.3 Å². The number of para-hydroxylation sites is 1. The van der Waals surface area contributed by atoms with Crippen LogP contribution in [-0.4, -0.2) is 16.5 Å². The van der Waals surface area contributed by atoms with Crippen molar-refractivity contribution in [3.63, 3.8) is 0 Å². The summed E-state index contributed by atoms with van der Waals surface area (Å²) < 4.78 is 0.773. The highest BCUT2D eigenvalue weighted by molar-refractivity contribution is 8.27. The lowest BCUT2D eigenvalue weighted by molar-refractivity contribution is -0.116. The molecule has 0 N–H and O–H groups in total. The summed E-state index contributed by atoms with van der Waals surface area (Å²) in [4.78, 5) is 16.9. The van der Waals surface area contributed by atoms with E-state index in [2.05, 4.69) is 30.5 Å². The first-order valence-corrected chi connectivity index (χ1v) is 8.87. The van der Waals surface area contributed by atoms with Gasteiger partial charge < -0.3 is 4.90 Å². The van der Waals surface area contributed by atoms with Crippen molar-refractivity contribution in [1.82, 2.24) is 0 Å². The molecule has 21 heavy (non-hydrogen) atoms. The van der Waals surface area contributed by atoms with E-state index in [9.17, 15) is 4.79 Å². The van der Waals surface area contributed by atoms with E-state index in [0.29, 0.717) is 6.42 Å². The summed E-state index contributed by atoms with van der Waals surface area (Å²) in [5.41, 5.74) is 1.18. The van der Waals surface area contributed by atoms with Crippen LogP contribution in [0.25, 0.3) is 0 Å². The minimum absolute atomic E-state index is 0.152. The van der Waals surface area contributed by atoms with Crippen LogP contribution in [0.4, 0.5) is 5.69 Å². The van der Waals surface area contributed by atoms with E-state index in [1.54, 1.807) is 17.8 Å². The zero-order valence-electron chi connectivity index (χ0n) is 11.7. The van der Waals surface area contributed by atoms with Gasteiger partial charge in [0, 0.05) is 11.4 Å². The van der Waals surface area contributed by atoms with E-state index < -0.39 is 0 Å². The monoisotopic (exact) mass is 333 g/mol. The van der Waals surface area contributed by atoms with Gasteiger partial charge in [0.15, 0.2) is 5.78 Å². The Morgan fingerprint density at radius 3 is 2.86 bits per heavy atom. The Kier molecular flexibility index (Phi) is 4.24. The lowest BCUT2D eigenvalue weighted by Crippen LogP contribution is -2.20. The first kappa shape index (κ1) is 14.9. The van der Waals surface area contributed by atoms with Gasteiger partial charge in [0.1, 0.15) is 0 Å². The number of Topliss-reactive ketones (excluding diaryl/α,β-unsaturated/α-hetero) is 1. The van der Waals surface area contributed by atoms with Crippen LogP contribution >= 0.6 is 35.7 Å². The van der Waals surface area contributed by atoms with Gasteiger partial charge in [-0.3, -0.25) is 4.79 Å². The zero-order chi connectivity index (χ0) is 15.0. The van der Waals surface area contributed by atoms with E-state index >= 15 is 0 Å². The quantitative estimate of drug-likeness (QED) is 0.455. The molecule has 2 aliphatic heterocycles. The van der Waals surface area contributed by atoms with Crippen molar-refractivity contribution in [3.8, 4) is 0 Å². The number of ketones is 1. The molecule has 0 saturated carbocycles. The summed E-state index contributed by atoms with van der Waals surface area (Å²) >= 11 is 8.52. The predicted molar refractivity (Wildman–Crippen MR) is 95.8 cm³/mol. The molecule has 2 nitrogen and oxygen atoms in total. The van der Waals surface area contributed by atoms with Crippen LogP contribution in [0.3, 0.4) is 0 Å². The van der Waals surface area contributed by atoms with Gasteiger partial charge in [-0.1, -0.05) is 54.0 Å². The van der Waals surface area contributed by atoms with Gasteiger partial charge in [-0.15, -0.1) is 6.58 Å². The fourth-order valence-corrected chi connectivity index (χ4v) is 5.38. The predicted octanol–water partition coefficient (Wildman–Crippen LogP) is 4.62. The summed E-state index contributed by atoms with van der Waals surface area (Å²) in [7, 11) is 0. The maximum atomic E-state index is 12.7. The number of carbonyl (C=O) groups excluding carboxylic acids is 1. The minimum Gasteiger partial charge on any atom is -0.334 e. The SMILES string of the molecule is C=CCC1C(=O)C(=C2Sc3ccccc3N2CC)SC1=S. The van der Waals surface area contributed by atoms with Gasteiger partial charge in [0.2, 0.25) is 0 Å². The van der Waals surface area contributed by atoms with Crippen molar-refractivity contribution in [3.05, 3.63) is 46.9 Å². The lowest BCUT2D eigenvalue weighted by Gasteiger charge is -2.19. The molecule has 1 atom stereocenters. The molecule has 2 aliphatic rings. The molecule has 108 valence electrons. The Bertz CT molecular complexity index is 665. The van der Waals surface area contributed by atoms with Gasteiger partial charge >= 0.3 is 0 Å². The molecule has 0 bridgehead atoms.